The van der Waals surface area contributed by atoms with Gasteiger partial charge < -0.3 is 10.8 Å². The number of phenolic OH excluding ortho intramolecular Hbond substituents is 1. The molecule has 0 bridgehead atoms. The van der Waals surface area contributed by atoms with E-state index in [4.69, 9.17) is 10.3 Å². The topological polar surface area (TPSA) is 135 Å². The van der Waals surface area contributed by atoms with Gasteiger partial charge in [-0.15, -0.1) is 0 Å². The molecule has 0 radical (unpaired) electrons. The Kier molecular flexibility index (Phi) is 2.88. The zero-order chi connectivity index (χ0) is 12.7. The average molecular weight is 267 g/mol. The van der Waals surface area contributed by atoms with Gasteiger partial charge >= 0.3 is 0 Å². The van der Waals surface area contributed by atoms with E-state index in [-0.39, 0.29) is 4.90 Å². The second-order valence-electron chi connectivity index (χ2n) is 3.11. The van der Waals surface area contributed by atoms with Crippen molar-refractivity contribution in [3.05, 3.63) is 12.1 Å². The van der Waals surface area contributed by atoms with Crippen molar-refractivity contribution >= 4 is 25.6 Å². The third-order valence-electron chi connectivity index (χ3n) is 1.76. The molecule has 0 aromatic heterocycles. The monoisotopic (exact) mass is 267 g/mol. The Balaban J connectivity index is 3.66. The van der Waals surface area contributed by atoms with Gasteiger partial charge in [0.15, 0.2) is 14.7 Å². The second kappa shape index (κ2) is 3.61. The van der Waals surface area contributed by atoms with Crippen molar-refractivity contribution < 1.29 is 26.5 Å². The summed E-state index contributed by atoms with van der Waals surface area (Å²) in [6.45, 7) is 0. The summed E-state index contributed by atoms with van der Waals surface area (Å²) in [5.74, 6) is -0.914. The molecule has 16 heavy (non-hydrogen) atoms. The van der Waals surface area contributed by atoms with Crippen LogP contribution in [0.15, 0.2) is 21.9 Å². The van der Waals surface area contributed by atoms with Crippen LogP contribution in [0.1, 0.15) is 0 Å². The van der Waals surface area contributed by atoms with Crippen LogP contribution in [0, 0.1) is 0 Å². The predicted octanol–water partition coefficient (Wildman–Crippen LogP) is -0.375. The van der Waals surface area contributed by atoms with Crippen LogP contribution in [0.2, 0.25) is 0 Å². The van der Waals surface area contributed by atoms with Crippen molar-refractivity contribution in [2.75, 3.05) is 12.0 Å². The molecular formula is C7H9NO6S2. The zero-order valence-corrected chi connectivity index (χ0v) is 9.71. The van der Waals surface area contributed by atoms with Crippen LogP contribution in [0.5, 0.6) is 5.75 Å². The minimum Gasteiger partial charge on any atom is -0.506 e. The van der Waals surface area contributed by atoms with Gasteiger partial charge in [0.2, 0.25) is 0 Å². The molecule has 0 saturated heterocycles. The van der Waals surface area contributed by atoms with Crippen LogP contribution < -0.4 is 5.73 Å². The summed E-state index contributed by atoms with van der Waals surface area (Å²) in [7, 11) is -8.32. The van der Waals surface area contributed by atoms with Crippen LogP contribution >= 0.6 is 0 Å². The lowest BCUT2D eigenvalue weighted by molar-refractivity contribution is 0.442. The minimum absolute atomic E-state index is 0.338. The molecule has 0 fully saturated rings. The Hall–Kier alpha value is -1.32. The van der Waals surface area contributed by atoms with Crippen molar-refractivity contribution in [3.63, 3.8) is 0 Å². The van der Waals surface area contributed by atoms with E-state index in [9.17, 15) is 21.9 Å². The Morgan fingerprint density at radius 2 is 1.69 bits per heavy atom. The van der Waals surface area contributed by atoms with E-state index in [2.05, 4.69) is 0 Å². The number of anilines is 1. The molecule has 0 atom stereocenters. The lowest BCUT2D eigenvalue weighted by Crippen LogP contribution is -2.06. The summed E-state index contributed by atoms with van der Waals surface area (Å²) < 4.78 is 52.6. The fraction of sp³-hybridized carbons (Fsp3) is 0.143. The largest absolute Gasteiger partial charge is 0.506 e. The molecule has 0 saturated carbocycles. The zero-order valence-electron chi connectivity index (χ0n) is 8.08. The van der Waals surface area contributed by atoms with Crippen molar-refractivity contribution in [2.45, 2.75) is 9.79 Å². The first kappa shape index (κ1) is 12.7. The molecule has 7 nitrogen and oxygen atoms in total. The maximum atomic E-state index is 11.1. The highest BCUT2D eigenvalue weighted by Crippen LogP contribution is 2.31. The summed E-state index contributed by atoms with van der Waals surface area (Å²) in [5.41, 5.74) is 4.70. The predicted molar refractivity (Wildman–Crippen MR) is 55.4 cm³/mol. The Morgan fingerprint density at radius 3 is 2.00 bits per heavy atom. The number of phenols is 1. The highest BCUT2D eigenvalue weighted by Gasteiger charge is 2.22. The quantitative estimate of drug-likeness (QED) is 0.491. The van der Waals surface area contributed by atoms with E-state index >= 15 is 0 Å². The average Bonchev–Trinajstić information content (AvgIpc) is 1.97. The van der Waals surface area contributed by atoms with Crippen LogP contribution in [-0.4, -0.2) is 32.8 Å². The molecule has 9 heteroatoms. The summed E-state index contributed by atoms with van der Waals surface area (Å²) in [5, 5.41) is 9.29. The summed E-state index contributed by atoms with van der Waals surface area (Å²) in [6, 6.07) is 1.55. The number of hydrogen-bond acceptors (Lipinski definition) is 6. The molecule has 0 aliphatic heterocycles. The van der Waals surface area contributed by atoms with Gasteiger partial charge in [-0.05, 0) is 6.07 Å². The first-order valence-corrected chi connectivity index (χ1v) is 7.16. The maximum Gasteiger partial charge on any atom is 0.300 e. The fourth-order valence-corrected chi connectivity index (χ4v) is 2.45. The smallest absolute Gasteiger partial charge is 0.300 e. The van der Waals surface area contributed by atoms with E-state index in [1.165, 1.54) is 0 Å². The van der Waals surface area contributed by atoms with E-state index in [0.29, 0.717) is 6.07 Å². The Labute approximate surface area is 92.2 Å². The van der Waals surface area contributed by atoms with E-state index in [1.54, 1.807) is 0 Å². The van der Waals surface area contributed by atoms with E-state index < -0.39 is 36.3 Å². The maximum absolute atomic E-state index is 11.1. The number of hydrogen-bond donors (Lipinski definition) is 3. The lowest BCUT2D eigenvalue weighted by Gasteiger charge is -2.07. The van der Waals surface area contributed by atoms with Gasteiger partial charge in [0, 0.05) is 12.3 Å². The molecule has 4 N–H and O–H groups in total. The normalized spacial score (nSPS) is 12.6. The molecule has 90 valence electrons. The number of sulfone groups is 1. The van der Waals surface area contributed by atoms with Crippen molar-refractivity contribution in [1.29, 1.82) is 0 Å². The highest BCUT2D eigenvalue weighted by atomic mass is 32.2. The number of rotatable bonds is 2. The highest BCUT2D eigenvalue weighted by molar-refractivity contribution is 7.90. The molecule has 0 amide bonds. The molecule has 0 heterocycles. The first-order chi connectivity index (χ1) is 7.03. The van der Waals surface area contributed by atoms with Crippen molar-refractivity contribution in [2.24, 2.45) is 0 Å². The lowest BCUT2D eigenvalue weighted by atomic mass is 10.3. The van der Waals surface area contributed by atoms with Crippen LogP contribution in [0.4, 0.5) is 5.69 Å². The third-order valence-corrected chi connectivity index (χ3v) is 3.81. The van der Waals surface area contributed by atoms with E-state index in [1.807, 2.05) is 0 Å². The van der Waals surface area contributed by atoms with Gasteiger partial charge in [-0.2, -0.15) is 8.42 Å². The fourth-order valence-electron chi connectivity index (χ4n) is 1.10. The molecule has 0 aliphatic carbocycles. The standard InChI is InChI=1S/C7H9NO6S2/c1-15(10,11)4-2-5(8)7(6(9)3-4)16(12,13)14/h2-3,9H,8H2,1H3,(H,12,13,14). The third kappa shape index (κ3) is 2.43. The number of aromatic hydroxyl groups is 1. The number of nitrogens with two attached hydrogens (primary N) is 1. The van der Waals surface area contributed by atoms with Gasteiger partial charge in [0.25, 0.3) is 10.1 Å². The van der Waals surface area contributed by atoms with E-state index in [0.717, 1.165) is 12.3 Å². The molecule has 0 aliphatic rings. The molecular weight excluding hydrogens is 258 g/mol. The molecule has 1 aromatic rings. The summed E-state index contributed by atoms with van der Waals surface area (Å²) in [6.07, 6.45) is 0.869. The van der Waals surface area contributed by atoms with Gasteiger partial charge in [0.1, 0.15) is 5.75 Å². The van der Waals surface area contributed by atoms with Crippen LogP contribution in [0.25, 0.3) is 0 Å². The molecule has 1 rings (SSSR count). The van der Waals surface area contributed by atoms with Crippen LogP contribution in [-0.2, 0) is 20.0 Å². The molecule has 0 spiro atoms. The molecule has 1 aromatic carbocycles. The van der Waals surface area contributed by atoms with Gasteiger partial charge in [-0.1, -0.05) is 0 Å². The van der Waals surface area contributed by atoms with Gasteiger partial charge in [-0.25, -0.2) is 8.42 Å². The second-order valence-corrected chi connectivity index (χ2v) is 6.48. The SMILES string of the molecule is CS(=O)(=O)c1cc(N)c(S(=O)(=O)O)c(O)c1. The van der Waals surface area contributed by atoms with Gasteiger partial charge in [-0.3, -0.25) is 4.55 Å². The van der Waals surface area contributed by atoms with Crippen molar-refractivity contribution in [3.8, 4) is 5.75 Å². The Morgan fingerprint density at radius 1 is 1.19 bits per heavy atom. The number of benzene rings is 1. The minimum atomic E-state index is -4.70. The van der Waals surface area contributed by atoms with Crippen molar-refractivity contribution in [1.82, 2.24) is 0 Å². The molecule has 0 unspecified atom stereocenters. The Bertz CT molecular complexity index is 608. The summed E-state index contributed by atoms with van der Waals surface area (Å²) >= 11 is 0. The number of nitrogen functional groups attached to an aromatic ring is 1. The summed E-state index contributed by atoms with van der Waals surface area (Å²) in [4.78, 5) is -1.24. The van der Waals surface area contributed by atoms with Crippen LogP contribution in [0.3, 0.4) is 0 Å². The van der Waals surface area contributed by atoms with Gasteiger partial charge in [0.05, 0.1) is 10.6 Å². The first-order valence-electron chi connectivity index (χ1n) is 3.83.